The van der Waals surface area contributed by atoms with Gasteiger partial charge in [-0.15, -0.1) is 0 Å². The Hall–Kier alpha value is -2.40. The maximum atomic E-state index is 12.4. The largest absolute Gasteiger partial charge is 0.323 e. The van der Waals surface area contributed by atoms with Gasteiger partial charge in [-0.1, -0.05) is 6.07 Å². The molecule has 1 amide bonds. The van der Waals surface area contributed by atoms with Crippen molar-refractivity contribution in [1.82, 2.24) is 4.98 Å². The van der Waals surface area contributed by atoms with Crippen LogP contribution >= 0.6 is 0 Å². The number of carbonyl (C=O) groups excluding carboxylic acids is 1. The molecular weight excluding hydrogens is 252 g/mol. The number of rotatable bonds is 3. The summed E-state index contributed by atoms with van der Waals surface area (Å²) in [6.45, 7) is 4.02. The van der Waals surface area contributed by atoms with Gasteiger partial charge in [0.25, 0.3) is 5.91 Å². The van der Waals surface area contributed by atoms with Gasteiger partial charge in [0.2, 0.25) is 0 Å². The Balaban J connectivity index is 2.27. The molecule has 0 unspecified atom stereocenters. The van der Waals surface area contributed by atoms with E-state index in [0.29, 0.717) is 11.4 Å². The van der Waals surface area contributed by atoms with Crippen LogP contribution in [0, 0.1) is 13.8 Å². The van der Waals surface area contributed by atoms with Crippen LogP contribution < -0.4 is 16.2 Å². The Morgan fingerprint density at radius 1 is 1.20 bits per heavy atom. The summed E-state index contributed by atoms with van der Waals surface area (Å²) in [6, 6.07) is 9.38. The van der Waals surface area contributed by atoms with Crippen molar-refractivity contribution < 1.29 is 4.79 Å². The minimum absolute atomic E-state index is 0.154. The average Bonchev–Trinajstić information content (AvgIpc) is 2.45. The SMILES string of the molecule is Cc1cc(C)cc(N(C)C(=O)c2ccc(NN)cn2)c1. The fourth-order valence-electron chi connectivity index (χ4n) is 2.04. The second-order valence-corrected chi connectivity index (χ2v) is 4.79. The van der Waals surface area contributed by atoms with E-state index >= 15 is 0 Å². The van der Waals surface area contributed by atoms with E-state index in [1.165, 1.54) is 6.20 Å². The summed E-state index contributed by atoms with van der Waals surface area (Å²) in [5, 5.41) is 0. The van der Waals surface area contributed by atoms with Crippen LogP contribution in [0.5, 0.6) is 0 Å². The van der Waals surface area contributed by atoms with Crippen molar-refractivity contribution in [3.8, 4) is 0 Å². The lowest BCUT2D eigenvalue weighted by Gasteiger charge is -2.18. The monoisotopic (exact) mass is 270 g/mol. The molecule has 1 aromatic carbocycles. The summed E-state index contributed by atoms with van der Waals surface area (Å²) in [6.07, 6.45) is 1.53. The van der Waals surface area contributed by atoms with Gasteiger partial charge in [0.1, 0.15) is 5.69 Å². The molecule has 0 aliphatic carbocycles. The first-order valence-corrected chi connectivity index (χ1v) is 6.30. The molecule has 0 aliphatic heterocycles. The summed E-state index contributed by atoms with van der Waals surface area (Å²) in [5.41, 5.74) is 6.62. The molecular formula is C15H18N4O. The number of hydrogen-bond acceptors (Lipinski definition) is 4. The molecule has 3 N–H and O–H groups in total. The lowest BCUT2D eigenvalue weighted by molar-refractivity contribution is 0.0988. The van der Waals surface area contributed by atoms with E-state index < -0.39 is 0 Å². The standard InChI is InChI=1S/C15H18N4O/c1-10-6-11(2)8-13(7-10)19(3)15(20)14-5-4-12(18-16)9-17-14/h4-9,18H,16H2,1-3H3. The topological polar surface area (TPSA) is 71.2 Å². The Labute approximate surface area is 118 Å². The first-order chi connectivity index (χ1) is 9.51. The van der Waals surface area contributed by atoms with Gasteiger partial charge in [-0.05, 0) is 49.2 Å². The Kier molecular flexibility index (Phi) is 4.00. The highest BCUT2D eigenvalue weighted by atomic mass is 16.2. The van der Waals surface area contributed by atoms with Gasteiger partial charge in [-0.2, -0.15) is 0 Å². The molecule has 1 heterocycles. The Morgan fingerprint density at radius 2 is 1.85 bits per heavy atom. The number of nitrogens with one attached hydrogen (secondary N) is 1. The number of amides is 1. The molecule has 0 aliphatic rings. The molecule has 2 rings (SSSR count). The van der Waals surface area contributed by atoms with Crippen LogP contribution in [0.3, 0.4) is 0 Å². The second kappa shape index (κ2) is 5.71. The van der Waals surface area contributed by atoms with Gasteiger partial charge in [0, 0.05) is 12.7 Å². The van der Waals surface area contributed by atoms with Crippen LogP contribution in [0.4, 0.5) is 11.4 Å². The average molecular weight is 270 g/mol. The zero-order valence-corrected chi connectivity index (χ0v) is 11.8. The van der Waals surface area contributed by atoms with Crippen molar-refractivity contribution in [3.05, 3.63) is 53.3 Å². The van der Waals surface area contributed by atoms with Crippen molar-refractivity contribution in [1.29, 1.82) is 0 Å². The minimum Gasteiger partial charge on any atom is -0.323 e. The number of pyridine rings is 1. The molecule has 1 aromatic heterocycles. The summed E-state index contributed by atoms with van der Waals surface area (Å²) < 4.78 is 0. The molecule has 0 spiro atoms. The molecule has 2 aromatic rings. The smallest absolute Gasteiger partial charge is 0.276 e. The van der Waals surface area contributed by atoms with Crippen LogP contribution in [-0.4, -0.2) is 17.9 Å². The van der Waals surface area contributed by atoms with Crippen molar-refractivity contribution in [2.75, 3.05) is 17.4 Å². The Morgan fingerprint density at radius 3 is 2.35 bits per heavy atom. The normalized spacial score (nSPS) is 10.2. The summed E-state index contributed by atoms with van der Waals surface area (Å²) in [7, 11) is 1.74. The highest BCUT2D eigenvalue weighted by Gasteiger charge is 2.15. The molecule has 20 heavy (non-hydrogen) atoms. The van der Waals surface area contributed by atoms with E-state index in [1.807, 2.05) is 26.0 Å². The fourth-order valence-corrected chi connectivity index (χ4v) is 2.04. The van der Waals surface area contributed by atoms with Crippen molar-refractivity contribution in [2.24, 2.45) is 5.84 Å². The van der Waals surface area contributed by atoms with E-state index in [0.717, 1.165) is 16.8 Å². The summed E-state index contributed by atoms with van der Waals surface area (Å²) in [5.74, 6) is 5.12. The van der Waals surface area contributed by atoms with Crippen LogP contribution in [-0.2, 0) is 0 Å². The molecule has 5 heteroatoms. The molecule has 0 fully saturated rings. The molecule has 0 atom stereocenters. The maximum Gasteiger partial charge on any atom is 0.276 e. The van der Waals surface area contributed by atoms with Gasteiger partial charge >= 0.3 is 0 Å². The number of anilines is 2. The molecule has 0 saturated heterocycles. The van der Waals surface area contributed by atoms with E-state index in [9.17, 15) is 4.79 Å². The highest BCUT2D eigenvalue weighted by molar-refractivity contribution is 6.04. The summed E-state index contributed by atoms with van der Waals surface area (Å²) in [4.78, 5) is 18.1. The molecule has 0 saturated carbocycles. The van der Waals surface area contributed by atoms with Crippen LogP contribution in [0.1, 0.15) is 21.6 Å². The van der Waals surface area contributed by atoms with Crippen molar-refractivity contribution in [2.45, 2.75) is 13.8 Å². The summed E-state index contributed by atoms with van der Waals surface area (Å²) >= 11 is 0. The third kappa shape index (κ3) is 2.95. The maximum absolute atomic E-state index is 12.4. The third-order valence-electron chi connectivity index (χ3n) is 3.05. The van der Waals surface area contributed by atoms with E-state index in [2.05, 4.69) is 16.5 Å². The number of nitrogens with zero attached hydrogens (tertiary/aromatic N) is 2. The third-order valence-corrected chi connectivity index (χ3v) is 3.05. The van der Waals surface area contributed by atoms with Crippen LogP contribution in [0.15, 0.2) is 36.5 Å². The Bertz CT molecular complexity index is 602. The number of benzene rings is 1. The zero-order valence-electron chi connectivity index (χ0n) is 11.8. The van der Waals surface area contributed by atoms with Gasteiger partial charge in [0.15, 0.2) is 0 Å². The predicted molar refractivity (Wildman–Crippen MR) is 80.7 cm³/mol. The molecule has 0 bridgehead atoms. The first kappa shape index (κ1) is 14.0. The predicted octanol–water partition coefficient (Wildman–Crippen LogP) is 2.26. The second-order valence-electron chi connectivity index (χ2n) is 4.79. The minimum atomic E-state index is -0.154. The van der Waals surface area contributed by atoms with Gasteiger partial charge in [-0.25, -0.2) is 4.98 Å². The number of hydrogen-bond donors (Lipinski definition) is 2. The zero-order chi connectivity index (χ0) is 14.7. The highest BCUT2D eigenvalue weighted by Crippen LogP contribution is 2.19. The van der Waals surface area contributed by atoms with E-state index in [-0.39, 0.29) is 5.91 Å². The quantitative estimate of drug-likeness (QED) is 0.663. The van der Waals surface area contributed by atoms with E-state index in [1.54, 1.807) is 24.1 Å². The van der Waals surface area contributed by atoms with Gasteiger partial charge < -0.3 is 10.3 Å². The number of carbonyl (C=O) groups is 1. The first-order valence-electron chi connectivity index (χ1n) is 6.30. The van der Waals surface area contributed by atoms with Crippen LogP contribution in [0.25, 0.3) is 0 Å². The number of hydrazine groups is 1. The number of nitrogens with two attached hydrogens (primary N) is 1. The van der Waals surface area contributed by atoms with Crippen molar-refractivity contribution in [3.63, 3.8) is 0 Å². The van der Waals surface area contributed by atoms with E-state index in [4.69, 9.17) is 5.84 Å². The number of aryl methyl sites for hydroxylation is 2. The fraction of sp³-hybridized carbons (Fsp3) is 0.200. The lowest BCUT2D eigenvalue weighted by atomic mass is 10.1. The number of aromatic nitrogens is 1. The molecule has 104 valence electrons. The van der Waals surface area contributed by atoms with Crippen LogP contribution in [0.2, 0.25) is 0 Å². The van der Waals surface area contributed by atoms with Gasteiger partial charge in [-0.3, -0.25) is 10.6 Å². The van der Waals surface area contributed by atoms with Gasteiger partial charge in [0.05, 0.1) is 11.9 Å². The van der Waals surface area contributed by atoms with Crippen molar-refractivity contribution >= 4 is 17.3 Å². The molecule has 5 nitrogen and oxygen atoms in total. The molecule has 0 radical (unpaired) electrons. The lowest BCUT2D eigenvalue weighted by Crippen LogP contribution is -2.27. The number of nitrogen functional groups attached to an aromatic ring is 1.